The largest absolute Gasteiger partial charge is 0.385 e. The van der Waals surface area contributed by atoms with Gasteiger partial charge in [0.25, 0.3) is 0 Å². The average molecular weight is 212 g/mol. The van der Waals surface area contributed by atoms with Crippen LogP contribution in [0.5, 0.6) is 0 Å². The molecule has 1 N–H and O–H groups in total. The third-order valence-electron chi connectivity index (χ3n) is 2.40. The fourth-order valence-corrected chi connectivity index (χ4v) is 1.55. The van der Waals surface area contributed by atoms with Crippen LogP contribution in [-0.2, 0) is 18.2 Å². The summed E-state index contributed by atoms with van der Waals surface area (Å²) in [7, 11) is 3.65. The normalized spacial score (nSPS) is 13.0. The first-order valence-corrected chi connectivity index (χ1v) is 5.33. The van der Waals surface area contributed by atoms with Crippen LogP contribution in [0.1, 0.15) is 19.2 Å². The van der Waals surface area contributed by atoms with Crippen LogP contribution in [0.25, 0.3) is 0 Å². The van der Waals surface area contributed by atoms with E-state index in [9.17, 15) is 0 Å². The molecule has 0 spiro atoms. The average Bonchev–Trinajstić information content (AvgIpc) is 2.61. The van der Waals surface area contributed by atoms with Crippen molar-refractivity contribution in [3.05, 3.63) is 12.2 Å². The van der Waals surface area contributed by atoms with E-state index in [0.29, 0.717) is 6.04 Å². The molecule has 1 aromatic heterocycles. The van der Waals surface area contributed by atoms with Crippen LogP contribution < -0.4 is 5.32 Å². The van der Waals surface area contributed by atoms with Crippen LogP contribution in [0, 0.1) is 0 Å². The molecular formula is C10H20N4O. The first-order valence-electron chi connectivity index (χ1n) is 5.33. The molecule has 0 radical (unpaired) electrons. The van der Waals surface area contributed by atoms with Gasteiger partial charge >= 0.3 is 0 Å². The topological polar surface area (TPSA) is 52.0 Å². The van der Waals surface area contributed by atoms with Crippen molar-refractivity contribution in [2.45, 2.75) is 25.8 Å². The number of nitrogens with zero attached hydrogens (tertiary/aromatic N) is 3. The molecule has 15 heavy (non-hydrogen) atoms. The lowest BCUT2D eigenvalue weighted by atomic mass is 10.1. The Morgan fingerprint density at radius 1 is 1.60 bits per heavy atom. The molecule has 0 fully saturated rings. The van der Waals surface area contributed by atoms with Gasteiger partial charge in [0.05, 0.1) is 0 Å². The van der Waals surface area contributed by atoms with E-state index in [1.165, 1.54) is 0 Å². The highest BCUT2D eigenvalue weighted by molar-refractivity contribution is 4.88. The number of nitrogens with one attached hydrogen (secondary N) is 1. The van der Waals surface area contributed by atoms with Gasteiger partial charge in [-0.05, 0) is 13.0 Å². The van der Waals surface area contributed by atoms with E-state index < -0.39 is 0 Å². The summed E-state index contributed by atoms with van der Waals surface area (Å²) < 4.78 is 6.90. The third kappa shape index (κ3) is 3.97. The molecular weight excluding hydrogens is 192 g/mol. The Labute approximate surface area is 90.8 Å². The quantitative estimate of drug-likeness (QED) is 0.709. The van der Waals surface area contributed by atoms with Crippen molar-refractivity contribution in [3.8, 4) is 0 Å². The molecule has 1 aromatic rings. The Morgan fingerprint density at radius 3 is 2.93 bits per heavy atom. The zero-order chi connectivity index (χ0) is 11.1. The van der Waals surface area contributed by atoms with Gasteiger partial charge in [-0.2, -0.15) is 5.10 Å². The standard InChI is InChI=1S/C10H20N4O/c1-4-11-9(5-6-15-3)7-10-12-8-13-14(10)2/h8-9,11H,4-7H2,1-3H3. The second-order valence-corrected chi connectivity index (χ2v) is 3.54. The summed E-state index contributed by atoms with van der Waals surface area (Å²) in [4.78, 5) is 4.22. The molecule has 0 aliphatic heterocycles. The van der Waals surface area contributed by atoms with Crippen molar-refractivity contribution in [2.75, 3.05) is 20.3 Å². The van der Waals surface area contributed by atoms with Gasteiger partial charge in [-0.3, -0.25) is 4.68 Å². The van der Waals surface area contributed by atoms with Crippen molar-refractivity contribution in [2.24, 2.45) is 7.05 Å². The molecule has 0 aromatic carbocycles. The molecule has 1 heterocycles. The van der Waals surface area contributed by atoms with Crippen molar-refractivity contribution in [1.29, 1.82) is 0 Å². The lowest BCUT2D eigenvalue weighted by Gasteiger charge is -2.16. The van der Waals surface area contributed by atoms with Crippen molar-refractivity contribution < 1.29 is 4.74 Å². The number of aromatic nitrogens is 3. The van der Waals surface area contributed by atoms with E-state index in [1.807, 2.05) is 11.7 Å². The first kappa shape index (κ1) is 12.1. The number of likely N-dealkylation sites (N-methyl/N-ethyl adjacent to an activating group) is 1. The summed E-state index contributed by atoms with van der Waals surface area (Å²) >= 11 is 0. The fourth-order valence-electron chi connectivity index (χ4n) is 1.55. The number of methoxy groups -OCH3 is 1. The minimum Gasteiger partial charge on any atom is -0.385 e. The summed E-state index contributed by atoms with van der Waals surface area (Å²) in [6, 6.07) is 0.415. The predicted molar refractivity (Wildman–Crippen MR) is 58.7 cm³/mol. The van der Waals surface area contributed by atoms with E-state index in [0.717, 1.165) is 31.8 Å². The molecule has 5 nitrogen and oxygen atoms in total. The van der Waals surface area contributed by atoms with E-state index in [2.05, 4.69) is 22.3 Å². The Balaban J connectivity index is 2.46. The van der Waals surface area contributed by atoms with Crippen LogP contribution in [0.4, 0.5) is 0 Å². The van der Waals surface area contributed by atoms with E-state index >= 15 is 0 Å². The molecule has 0 aliphatic rings. The molecule has 0 aliphatic carbocycles. The van der Waals surface area contributed by atoms with Gasteiger partial charge in [-0.1, -0.05) is 6.92 Å². The number of hydrogen-bond donors (Lipinski definition) is 1. The molecule has 1 atom stereocenters. The van der Waals surface area contributed by atoms with Gasteiger partial charge in [0.2, 0.25) is 0 Å². The molecule has 86 valence electrons. The lowest BCUT2D eigenvalue weighted by molar-refractivity contribution is 0.182. The van der Waals surface area contributed by atoms with Crippen LogP contribution >= 0.6 is 0 Å². The molecule has 0 saturated carbocycles. The van der Waals surface area contributed by atoms with Crippen LogP contribution in [-0.4, -0.2) is 41.1 Å². The summed E-state index contributed by atoms with van der Waals surface area (Å²) in [5.74, 6) is 1.01. The Bertz CT molecular complexity index is 274. The van der Waals surface area contributed by atoms with Gasteiger partial charge < -0.3 is 10.1 Å². The Morgan fingerprint density at radius 2 is 2.40 bits per heavy atom. The Hall–Kier alpha value is -0.940. The lowest BCUT2D eigenvalue weighted by Crippen LogP contribution is -2.33. The minimum atomic E-state index is 0.415. The van der Waals surface area contributed by atoms with Gasteiger partial charge in [0, 0.05) is 33.2 Å². The highest BCUT2D eigenvalue weighted by Crippen LogP contribution is 2.02. The van der Waals surface area contributed by atoms with Crippen LogP contribution in [0.3, 0.4) is 0 Å². The van der Waals surface area contributed by atoms with Gasteiger partial charge in [0.15, 0.2) is 0 Å². The Kier molecular flexibility index (Phi) is 5.28. The monoisotopic (exact) mass is 212 g/mol. The molecule has 0 amide bonds. The first-order chi connectivity index (χ1) is 7.27. The molecule has 1 rings (SSSR count). The van der Waals surface area contributed by atoms with Crippen molar-refractivity contribution in [1.82, 2.24) is 20.1 Å². The predicted octanol–water partition coefficient (Wildman–Crippen LogP) is 0.372. The maximum absolute atomic E-state index is 5.09. The van der Waals surface area contributed by atoms with Gasteiger partial charge in [0.1, 0.15) is 12.2 Å². The van der Waals surface area contributed by atoms with Crippen LogP contribution in [0.15, 0.2) is 6.33 Å². The number of hydrogen-bond acceptors (Lipinski definition) is 4. The highest BCUT2D eigenvalue weighted by Gasteiger charge is 2.11. The summed E-state index contributed by atoms with van der Waals surface area (Å²) in [6.45, 7) is 3.85. The molecule has 5 heteroatoms. The van der Waals surface area contributed by atoms with Crippen molar-refractivity contribution in [3.63, 3.8) is 0 Å². The van der Waals surface area contributed by atoms with Crippen LogP contribution in [0.2, 0.25) is 0 Å². The highest BCUT2D eigenvalue weighted by atomic mass is 16.5. The van der Waals surface area contributed by atoms with E-state index in [-0.39, 0.29) is 0 Å². The van der Waals surface area contributed by atoms with Gasteiger partial charge in [-0.25, -0.2) is 4.98 Å². The molecule has 1 unspecified atom stereocenters. The number of rotatable bonds is 7. The maximum atomic E-state index is 5.09. The minimum absolute atomic E-state index is 0.415. The number of ether oxygens (including phenoxy) is 1. The SMILES string of the molecule is CCNC(CCOC)Cc1ncnn1C. The van der Waals surface area contributed by atoms with E-state index in [4.69, 9.17) is 4.74 Å². The van der Waals surface area contributed by atoms with E-state index in [1.54, 1.807) is 13.4 Å². The van der Waals surface area contributed by atoms with Crippen molar-refractivity contribution >= 4 is 0 Å². The second kappa shape index (κ2) is 6.53. The maximum Gasteiger partial charge on any atom is 0.138 e. The summed E-state index contributed by atoms with van der Waals surface area (Å²) in [5.41, 5.74) is 0. The summed E-state index contributed by atoms with van der Waals surface area (Å²) in [6.07, 6.45) is 3.49. The summed E-state index contributed by atoms with van der Waals surface area (Å²) in [5, 5.41) is 7.48. The number of aryl methyl sites for hydroxylation is 1. The fraction of sp³-hybridized carbons (Fsp3) is 0.800. The molecule has 0 bridgehead atoms. The van der Waals surface area contributed by atoms with Gasteiger partial charge in [-0.15, -0.1) is 0 Å². The zero-order valence-electron chi connectivity index (χ0n) is 9.73. The zero-order valence-corrected chi connectivity index (χ0v) is 9.73. The third-order valence-corrected chi connectivity index (χ3v) is 2.40. The smallest absolute Gasteiger partial charge is 0.138 e. The second-order valence-electron chi connectivity index (χ2n) is 3.54. The molecule has 0 saturated heterocycles.